The molecule has 0 aliphatic carbocycles. The molecule has 0 aliphatic rings. The first-order valence-electron chi connectivity index (χ1n) is 7.69. The van der Waals surface area contributed by atoms with E-state index in [0.29, 0.717) is 0 Å². The molecule has 1 atom stereocenters. The van der Waals surface area contributed by atoms with E-state index in [1.165, 1.54) is 26.4 Å². The average molecular weight is 377 g/mol. The number of imidazole rings is 1. The molecule has 126 valence electrons. The predicted molar refractivity (Wildman–Crippen MR) is 104 cm³/mol. The van der Waals surface area contributed by atoms with Gasteiger partial charge in [0.25, 0.3) is 0 Å². The Labute approximate surface area is 154 Å². The van der Waals surface area contributed by atoms with E-state index < -0.39 is 0 Å². The minimum atomic E-state index is -0.260. The number of Topliss-reactive ketones (excluding diaryl/α,β-unsaturated/α-hetero) is 1. The Bertz CT molecular complexity index is 888. The topological polar surface area (TPSA) is 34.9 Å². The Balaban J connectivity index is 2.04. The van der Waals surface area contributed by atoms with Crippen molar-refractivity contribution in [1.29, 1.82) is 0 Å². The first-order valence-corrected chi connectivity index (χ1v) is 10.2. The van der Waals surface area contributed by atoms with Gasteiger partial charge in [0.1, 0.15) is 5.25 Å². The Morgan fingerprint density at radius 2 is 1.79 bits per heavy atom. The lowest BCUT2D eigenvalue weighted by atomic mass is 10.0. The molecule has 3 rings (SSSR count). The van der Waals surface area contributed by atoms with Gasteiger partial charge in [0, 0.05) is 44.5 Å². The molecular formula is C18H20N2OS3. The largest absolute Gasteiger partial charge is 0.329 e. The molecule has 0 aromatic carbocycles. The lowest BCUT2D eigenvalue weighted by molar-refractivity contribution is 0.0989. The van der Waals surface area contributed by atoms with Crippen LogP contribution in [-0.2, 0) is 7.05 Å². The monoisotopic (exact) mass is 376 g/mol. The van der Waals surface area contributed by atoms with Crippen LogP contribution in [0, 0.1) is 27.7 Å². The van der Waals surface area contributed by atoms with E-state index in [2.05, 4.69) is 31.8 Å². The Hall–Kier alpha value is -1.37. The highest BCUT2D eigenvalue weighted by Gasteiger charge is 2.29. The van der Waals surface area contributed by atoms with Crippen LogP contribution in [0.2, 0.25) is 0 Å². The van der Waals surface area contributed by atoms with Gasteiger partial charge in [-0.25, -0.2) is 4.98 Å². The van der Waals surface area contributed by atoms with Crippen LogP contribution in [0.1, 0.15) is 40.7 Å². The summed E-state index contributed by atoms with van der Waals surface area (Å²) in [6, 6.07) is 4.16. The zero-order chi connectivity index (χ0) is 17.4. The number of rotatable bonds is 5. The van der Waals surface area contributed by atoms with Crippen molar-refractivity contribution in [2.45, 2.75) is 38.1 Å². The van der Waals surface area contributed by atoms with E-state index in [0.717, 1.165) is 21.2 Å². The van der Waals surface area contributed by atoms with Crippen molar-refractivity contribution in [3.05, 3.63) is 55.2 Å². The second-order valence-corrected chi connectivity index (χ2v) is 9.87. The number of aryl methyl sites for hydroxylation is 5. The number of ketones is 1. The first kappa shape index (κ1) is 17.5. The SMILES string of the molecule is Cc1cc(C(=O)C(Sc2nccn2C)c2cc(C)sc2C)c(C)s1. The van der Waals surface area contributed by atoms with Crippen molar-refractivity contribution in [3.8, 4) is 0 Å². The molecule has 0 amide bonds. The maximum Gasteiger partial charge on any atom is 0.181 e. The number of carbonyl (C=O) groups is 1. The molecule has 0 bridgehead atoms. The third-order valence-electron chi connectivity index (χ3n) is 3.91. The predicted octanol–water partition coefficient (Wildman–Crippen LogP) is 5.49. The van der Waals surface area contributed by atoms with E-state index in [1.807, 2.05) is 30.8 Å². The Morgan fingerprint density at radius 1 is 1.12 bits per heavy atom. The third kappa shape index (κ3) is 3.36. The summed E-state index contributed by atoms with van der Waals surface area (Å²) >= 11 is 4.97. The smallest absolute Gasteiger partial charge is 0.181 e. The van der Waals surface area contributed by atoms with Gasteiger partial charge in [-0.1, -0.05) is 11.8 Å². The van der Waals surface area contributed by atoms with Gasteiger partial charge in [-0.15, -0.1) is 22.7 Å². The third-order valence-corrected chi connectivity index (χ3v) is 7.16. The van der Waals surface area contributed by atoms with Crippen molar-refractivity contribution in [2.24, 2.45) is 7.05 Å². The molecule has 3 heterocycles. The van der Waals surface area contributed by atoms with Gasteiger partial charge < -0.3 is 4.57 Å². The molecule has 1 unspecified atom stereocenters. The van der Waals surface area contributed by atoms with Gasteiger partial charge in [-0.3, -0.25) is 4.79 Å². The van der Waals surface area contributed by atoms with E-state index in [4.69, 9.17) is 0 Å². The highest BCUT2D eigenvalue weighted by Crippen LogP contribution is 2.41. The van der Waals surface area contributed by atoms with E-state index >= 15 is 0 Å². The summed E-state index contributed by atoms with van der Waals surface area (Å²) in [7, 11) is 1.96. The summed E-state index contributed by atoms with van der Waals surface area (Å²) in [5.41, 5.74) is 1.95. The van der Waals surface area contributed by atoms with Crippen LogP contribution in [0.3, 0.4) is 0 Å². The number of aromatic nitrogens is 2. The van der Waals surface area contributed by atoms with Crippen LogP contribution >= 0.6 is 34.4 Å². The van der Waals surface area contributed by atoms with E-state index in [-0.39, 0.29) is 11.0 Å². The van der Waals surface area contributed by atoms with E-state index in [9.17, 15) is 4.79 Å². The Morgan fingerprint density at radius 3 is 2.29 bits per heavy atom. The fraction of sp³-hybridized carbons (Fsp3) is 0.333. The molecule has 3 nitrogen and oxygen atoms in total. The van der Waals surface area contributed by atoms with Crippen LogP contribution in [0.25, 0.3) is 0 Å². The number of thiophene rings is 2. The molecule has 0 spiro atoms. The number of hydrogen-bond donors (Lipinski definition) is 0. The van der Waals surface area contributed by atoms with Gasteiger partial charge >= 0.3 is 0 Å². The highest BCUT2D eigenvalue weighted by atomic mass is 32.2. The second-order valence-electron chi connectivity index (χ2n) is 5.88. The summed E-state index contributed by atoms with van der Waals surface area (Å²) in [6.07, 6.45) is 3.69. The standard InChI is InChI=1S/C18H20N2OS3/c1-10-8-14(12(3)22-10)16(21)17(15-9-11(2)23-13(15)4)24-18-19-6-7-20(18)5/h6-9,17H,1-5H3. The zero-order valence-corrected chi connectivity index (χ0v) is 16.9. The van der Waals surface area contributed by atoms with Crippen molar-refractivity contribution in [2.75, 3.05) is 0 Å². The van der Waals surface area contributed by atoms with Crippen LogP contribution in [0.15, 0.2) is 29.7 Å². The average Bonchev–Trinajstić information content (AvgIpc) is 3.16. The van der Waals surface area contributed by atoms with Gasteiger partial charge in [-0.2, -0.15) is 0 Å². The number of hydrogen-bond acceptors (Lipinski definition) is 5. The number of nitrogens with zero attached hydrogens (tertiary/aromatic N) is 2. The van der Waals surface area contributed by atoms with Crippen LogP contribution < -0.4 is 0 Å². The van der Waals surface area contributed by atoms with Crippen LogP contribution in [0.4, 0.5) is 0 Å². The lowest BCUT2D eigenvalue weighted by Gasteiger charge is -2.15. The molecule has 0 saturated heterocycles. The maximum absolute atomic E-state index is 13.3. The molecule has 0 fully saturated rings. The van der Waals surface area contributed by atoms with Gasteiger partial charge in [0.05, 0.1) is 0 Å². The quantitative estimate of drug-likeness (QED) is 0.436. The molecule has 6 heteroatoms. The van der Waals surface area contributed by atoms with Crippen molar-refractivity contribution in [3.63, 3.8) is 0 Å². The molecule has 0 N–H and O–H groups in total. The normalized spacial score (nSPS) is 12.5. The highest BCUT2D eigenvalue weighted by molar-refractivity contribution is 8.00. The fourth-order valence-electron chi connectivity index (χ4n) is 2.76. The Kier molecular flexibility index (Phi) is 4.99. The molecule has 24 heavy (non-hydrogen) atoms. The van der Waals surface area contributed by atoms with Crippen molar-refractivity contribution in [1.82, 2.24) is 9.55 Å². The zero-order valence-electron chi connectivity index (χ0n) is 14.4. The molecule has 0 saturated carbocycles. The first-order chi connectivity index (χ1) is 11.4. The lowest BCUT2D eigenvalue weighted by Crippen LogP contribution is -2.11. The summed E-state index contributed by atoms with van der Waals surface area (Å²) in [4.78, 5) is 22.4. The summed E-state index contributed by atoms with van der Waals surface area (Å²) in [6.45, 7) is 8.26. The number of thioether (sulfide) groups is 1. The van der Waals surface area contributed by atoms with Crippen molar-refractivity contribution < 1.29 is 4.79 Å². The molecule has 3 aromatic heterocycles. The number of carbonyl (C=O) groups excluding carboxylic acids is 1. The minimum absolute atomic E-state index is 0.172. The van der Waals surface area contributed by atoms with Crippen LogP contribution in [0.5, 0.6) is 0 Å². The molecule has 3 aromatic rings. The summed E-state index contributed by atoms with van der Waals surface area (Å²) in [5.74, 6) is 0.172. The molecule has 0 radical (unpaired) electrons. The van der Waals surface area contributed by atoms with E-state index in [1.54, 1.807) is 28.9 Å². The molecule has 0 aliphatic heterocycles. The summed E-state index contributed by atoms with van der Waals surface area (Å²) in [5, 5.41) is 0.602. The summed E-state index contributed by atoms with van der Waals surface area (Å²) < 4.78 is 1.96. The minimum Gasteiger partial charge on any atom is -0.329 e. The van der Waals surface area contributed by atoms with Gasteiger partial charge in [-0.05, 0) is 45.4 Å². The van der Waals surface area contributed by atoms with Crippen molar-refractivity contribution >= 4 is 40.2 Å². The second kappa shape index (κ2) is 6.86. The van der Waals surface area contributed by atoms with Gasteiger partial charge in [0.2, 0.25) is 0 Å². The molecular weight excluding hydrogens is 356 g/mol. The maximum atomic E-state index is 13.3. The van der Waals surface area contributed by atoms with Gasteiger partial charge in [0.15, 0.2) is 10.9 Å². The van der Waals surface area contributed by atoms with Crippen LogP contribution in [-0.4, -0.2) is 15.3 Å². The fourth-order valence-corrected chi connectivity index (χ4v) is 5.89.